The molecule has 1 rings (SSSR count). The number of pyridine rings is 1. The summed E-state index contributed by atoms with van der Waals surface area (Å²) in [7, 11) is 1.52. The molecule has 76 valence electrons. The third-order valence-corrected chi connectivity index (χ3v) is 1.71. The van der Waals surface area contributed by atoms with E-state index in [0.29, 0.717) is 6.67 Å². The van der Waals surface area contributed by atoms with Crippen molar-refractivity contribution >= 4 is 6.03 Å². The van der Waals surface area contributed by atoms with Crippen molar-refractivity contribution in [1.82, 2.24) is 4.90 Å². The maximum absolute atomic E-state index is 10.9. The first-order valence-electron chi connectivity index (χ1n) is 4.21. The molecule has 5 nitrogen and oxygen atoms in total. The highest BCUT2D eigenvalue weighted by Crippen LogP contribution is 1.87. The van der Waals surface area contributed by atoms with E-state index in [1.807, 2.05) is 35.2 Å². The molecule has 2 amide bonds. The van der Waals surface area contributed by atoms with Crippen LogP contribution in [0.3, 0.4) is 0 Å². The molecule has 0 saturated carbocycles. The van der Waals surface area contributed by atoms with Gasteiger partial charge in [0.2, 0.25) is 6.67 Å². The lowest BCUT2D eigenvalue weighted by Gasteiger charge is -2.14. The Balaban J connectivity index is 2.60. The first-order chi connectivity index (χ1) is 6.74. The van der Waals surface area contributed by atoms with Gasteiger partial charge in [0.15, 0.2) is 12.4 Å². The van der Waals surface area contributed by atoms with Gasteiger partial charge >= 0.3 is 6.03 Å². The van der Waals surface area contributed by atoms with Crippen LogP contribution in [0.25, 0.3) is 0 Å². The molecule has 0 aliphatic carbocycles. The van der Waals surface area contributed by atoms with Crippen LogP contribution in [0, 0.1) is 0 Å². The van der Waals surface area contributed by atoms with Gasteiger partial charge in [-0.05, 0) is 0 Å². The number of primary amides is 1. The molecule has 2 N–H and O–H groups in total. The molecular weight excluding hydrogens is 182 g/mol. The number of carbonyl (C=O) groups excluding carboxylic acids is 1. The molecule has 0 saturated heterocycles. The van der Waals surface area contributed by atoms with Crippen molar-refractivity contribution in [3.05, 3.63) is 30.6 Å². The van der Waals surface area contributed by atoms with E-state index in [4.69, 9.17) is 10.5 Å². The Hall–Kier alpha value is -1.62. The first kappa shape index (κ1) is 10.5. The SMILES string of the molecule is COCN(C[n+]1ccccc1)C(N)=O. The van der Waals surface area contributed by atoms with Gasteiger partial charge < -0.3 is 10.5 Å². The van der Waals surface area contributed by atoms with E-state index in [0.717, 1.165) is 0 Å². The van der Waals surface area contributed by atoms with Crippen molar-refractivity contribution < 1.29 is 14.1 Å². The lowest BCUT2D eigenvalue weighted by molar-refractivity contribution is -0.713. The van der Waals surface area contributed by atoms with Crippen LogP contribution in [0.2, 0.25) is 0 Å². The zero-order chi connectivity index (χ0) is 10.4. The van der Waals surface area contributed by atoms with Gasteiger partial charge in [-0.25, -0.2) is 9.69 Å². The van der Waals surface area contributed by atoms with Crippen molar-refractivity contribution in [2.24, 2.45) is 5.73 Å². The minimum absolute atomic E-state index is 0.192. The highest BCUT2D eigenvalue weighted by Gasteiger charge is 2.12. The van der Waals surface area contributed by atoms with E-state index in [9.17, 15) is 4.79 Å². The molecule has 14 heavy (non-hydrogen) atoms. The van der Waals surface area contributed by atoms with Gasteiger partial charge in [-0.3, -0.25) is 0 Å². The molecule has 1 heterocycles. The van der Waals surface area contributed by atoms with Crippen LogP contribution in [0.4, 0.5) is 4.79 Å². The third-order valence-electron chi connectivity index (χ3n) is 1.71. The number of amides is 2. The van der Waals surface area contributed by atoms with E-state index < -0.39 is 6.03 Å². The van der Waals surface area contributed by atoms with Gasteiger partial charge in [0.25, 0.3) is 0 Å². The van der Waals surface area contributed by atoms with Crippen LogP contribution in [0.15, 0.2) is 30.6 Å². The average molecular weight is 196 g/mol. The summed E-state index contributed by atoms with van der Waals surface area (Å²) in [4.78, 5) is 12.3. The van der Waals surface area contributed by atoms with Gasteiger partial charge in [0, 0.05) is 19.2 Å². The van der Waals surface area contributed by atoms with Crippen LogP contribution in [-0.2, 0) is 11.4 Å². The predicted octanol–water partition coefficient (Wildman–Crippen LogP) is -0.0838. The Bertz CT molecular complexity index is 289. The third kappa shape index (κ3) is 3.02. The highest BCUT2D eigenvalue weighted by molar-refractivity contribution is 5.71. The quantitative estimate of drug-likeness (QED) is 0.540. The van der Waals surface area contributed by atoms with Gasteiger partial charge in [0.1, 0.15) is 6.73 Å². The maximum atomic E-state index is 10.9. The number of methoxy groups -OCH3 is 1. The smallest absolute Gasteiger partial charge is 0.321 e. The van der Waals surface area contributed by atoms with Crippen molar-refractivity contribution in [3.8, 4) is 0 Å². The number of carbonyl (C=O) groups is 1. The number of rotatable bonds is 4. The van der Waals surface area contributed by atoms with Crippen LogP contribution in [-0.4, -0.2) is 24.8 Å². The van der Waals surface area contributed by atoms with Gasteiger partial charge in [-0.15, -0.1) is 0 Å². The molecule has 0 aliphatic heterocycles. The standard InChI is InChI=1S/C9H13N3O2/c1-14-8-12(9(10)13)7-11-5-3-2-4-6-11/h2-6H,7-8H2,1H3,(H-,10,13)/p+1. The highest BCUT2D eigenvalue weighted by atomic mass is 16.5. The molecular formula is C9H14N3O2+. The molecule has 0 aliphatic rings. The van der Waals surface area contributed by atoms with E-state index in [-0.39, 0.29) is 6.73 Å². The van der Waals surface area contributed by atoms with Crippen molar-refractivity contribution in [2.45, 2.75) is 6.67 Å². The lowest BCUT2D eigenvalue weighted by atomic mass is 10.5. The largest absolute Gasteiger partial charge is 0.364 e. The van der Waals surface area contributed by atoms with Crippen LogP contribution >= 0.6 is 0 Å². The number of hydrogen-bond donors (Lipinski definition) is 1. The number of ether oxygens (including phenoxy) is 1. The summed E-state index contributed by atoms with van der Waals surface area (Å²) in [6.45, 7) is 0.585. The Labute approximate surface area is 82.7 Å². The van der Waals surface area contributed by atoms with Gasteiger partial charge in [-0.1, -0.05) is 6.07 Å². The summed E-state index contributed by atoms with van der Waals surface area (Å²) in [5.74, 6) is 0. The first-order valence-corrected chi connectivity index (χ1v) is 4.21. The fourth-order valence-electron chi connectivity index (χ4n) is 1.06. The fourth-order valence-corrected chi connectivity index (χ4v) is 1.06. The van der Waals surface area contributed by atoms with Crippen molar-refractivity contribution in [2.75, 3.05) is 13.8 Å². The summed E-state index contributed by atoms with van der Waals surface area (Å²) >= 11 is 0. The zero-order valence-electron chi connectivity index (χ0n) is 8.09. The van der Waals surface area contributed by atoms with Crippen LogP contribution < -0.4 is 10.3 Å². The second kappa shape index (κ2) is 5.18. The van der Waals surface area contributed by atoms with E-state index >= 15 is 0 Å². The second-order valence-electron chi connectivity index (χ2n) is 2.83. The van der Waals surface area contributed by atoms with E-state index in [1.165, 1.54) is 12.0 Å². The molecule has 1 aromatic rings. The topological polar surface area (TPSA) is 59.4 Å². The summed E-state index contributed by atoms with van der Waals surface area (Å²) in [6, 6.07) is 5.17. The minimum atomic E-state index is -0.497. The van der Waals surface area contributed by atoms with E-state index in [1.54, 1.807) is 0 Å². The Kier molecular flexibility index (Phi) is 3.87. The molecule has 5 heteroatoms. The molecule has 1 aromatic heterocycles. The summed E-state index contributed by atoms with van der Waals surface area (Å²) in [5, 5.41) is 0. The second-order valence-corrected chi connectivity index (χ2v) is 2.83. The predicted molar refractivity (Wildman–Crippen MR) is 49.9 cm³/mol. The van der Waals surface area contributed by atoms with Crippen LogP contribution in [0.1, 0.15) is 0 Å². The summed E-state index contributed by atoms with van der Waals surface area (Å²) in [6.07, 6.45) is 3.71. The monoisotopic (exact) mass is 196 g/mol. The minimum Gasteiger partial charge on any atom is -0.364 e. The molecule has 0 spiro atoms. The number of aromatic nitrogens is 1. The summed E-state index contributed by atoms with van der Waals surface area (Å²) < 4.78 is 6.69. The molecule has 0 aromatic carbocycles. The van der Waals surface area contributed by atoms with Gasteiger partial charge in [-0.2, -0.15) is 4.57 Å². The molecule has 0 unspecified atom stereocenters. The maximum Gasteiger partial charge on any atom is 0.321 e. The molecule has 0 bridgehead atoms. The van der Waals surface area contributed by atoms with E-state index in [2.05, 4.69) is 0 Å². The number of nitrogens with zero attached hydrogens (tertiary/aromatic N) is 2. The Morgan fingerprint density at radius 1 is 1.43 bits per heavy atom. The molecule has 0 radical (unpaired) electrons. The molecule has 0 atom stereocenters. The van der Waals surface area contributed by atoms with Crippen molar-refractivity contribution in [1.29, 1.82) is 0 Å². The van der Waals surface area contributed by atoms with Gasteiger partial charge in [0.05, 0.1) is 0 Å². The number of nitrogens with two attached hydrogens (primary N) is 1. The van der Waals surface area contributed by atoms with Crippen LogP contribution in [0.5, 0.6) is 0 Å². The fraction of sp³-hybridized carbons (Fsp3) is 0.333. The Morgan fingerprint density at radius 3 is 2.57 bits per heavy atom. The normalized spacial score (nSPS) is 9.79. The lowest BCUT2D eigenvalue weighted by Crippen LogP contribution is -2.48. The average Bonchev–Trinajstić information content (AvgIpc) is 2.18. The van der Waals surface area contributed by atoms with Crippen molar-refractivity contribution in [3.63, 3.8) is 0 Å². The number of hydrogen-bond acceptors (Lipinski definition) is 2. The number of urea groups is 1. The summed E-state index contributed by atoms with van der Waals surface area (Å²) in [5.41, 5.74) is 5.16. The zero-order valence-corrected chi connectivity index (χ0v) is 8.09. The Morgan fingerprint density at radius 2 is 2.07 bits per heavy atom. The molecule has 0 fully saturated rings.